The molecule has 1 aromatic rings. The van der Waals surface area contributed by atoms with Crippen LogP contribution in [0.5, 0.6) is 5.75 Å². The van der Waals surface area contributed by atoms with E-state index in [0.717, 1.165) is 0 Å². The Kier molecular flexibility index (Phi) is 2.07. The Labute approximate surface area is 83.1 Å². The number of methoxy groups -OCH3 is 1. The fourth-order valence-corrected chi connectivity index (χ4v) is 2.76. The van der Waals surface area contributed by atoms with Gasteiger partial charge in [-0.3, -0.25) is 0 Å². The summed E-state index contributed by atoms with van der Waals surface area (Å²) in [5, 5.41) is 21.0. The number of hydrogen-bond donors (Lipinski definition) is 1. The summed E-state index contributed by atoms with van der Waals surface area (Å²) in [5.74, 6) is -0.0961. The van der Waals surface area contributed by atoms with E-state index >= 15 is 0 Å². The summed E-state index contributed by atoms with van der Waals surface area (Å²) in [5.41, 5.74) is 0.0494. The summed E-state index contributed by atoms with van der Waals surface area (Å²) in [6.45, 7) is 0. The molecule has 1 N–H and O–H groups in total. The van der Waals surface area contributed by atoms with Crippen molar-refractivity contribution < 1.29 is 14.2 Å². The third kappa shape index (κ3) is 1.24. The Morgan fingerprint density at radius 2 is 2.36 bits per heavy atom. The van der Waals surface area contributed by atoms with Gasteiger partial charge in [0.25, 0.3) is 0 Å². The molecule has 14 heavy (non-hydrogen) atoms. The Morgan fingerprint density at radius 1 is 1.64 bits per heavy atom. The second kappa shape index (κ2) is 3.03. The average Bonchev–Trinajstić information content (AvgIpc) is 2.38. The first-order valence-electron chi connectivity index (χ1n) is 3.94. The average molecular weight is 215 g/mol. The van der Waals surface area contributed by atoms with Gasteiger partial charge in [0.1, 0.15) is 15.7 Å². The smallest absolute Gasteiger partial charge is 0.225 e. The molecule has 2 rings (SSSR count). The quantitative estimate of drug-likeness (QED) is 0.559. The van der Waals surface area contributed by atoms with Gasteiger partial charge in [0, 0.05) is 0 Å². The first-order chi connectivity index (χ1) is 6.56. The van der Waals surface area contributed by atoms with E-state index in [2.05, 4.69) is 0 Å². The van der Waals surface area contributed by atoms with Gasteiger partial charge in [-0.25, -0.2) is 9.42 Å². The molecule has 0 saturated carbocycles. The summed E-state index contributed by atoms with van der Waals surface area (Å²) in [4.78, 5) is -1.27. The summed E-state index contributed by atoms with van der Waals surface area (Å²) in [6.07, 6.45) is 0. The SMILES string of the molecule is COc1cccc2c1[N+]([O-])(O)CS2=O. The van der Waals surface area contributed by atoms with E-state index < -0.39 is 15.6 Å². The van der Waals surface area contributed by atoms with Crippen LogP contribution in [0.25, 0.3) is 0 Å². The zero-order valence-electron chi connectivity index (χ0n) is 7.47. The van der Waals surface area contributed by atoms with Crippen LogP contribution in [-0.4, -0.2) is 22.4 Å². The van der Waals surface area contributed by atoms with E-state index in [1.807, 2.05) is 0 Å². The molecule has 0 spiro atoms. The maximum Gasteiger partial charge on any atom is 0.225 e. The van der Waals surface area contributed by atoms with E-state index in [-0.39, 0.29) is 17.3 Å². The van der Waals surface area contributed by atoms with Gasteiger partial charge in [-0.05, 0) is 12.1 Å². The number of rotatable bonds is 1. The van der Waals surface area contributed by atoms with Gasteiger partial charge in [-0.15, -0.1) is 0 Å². The lowest BCUT2D eigenvalue weighted by Crippen LogP contribution is -2.37. The molecule has 0 radical (unpaired) electrons. The van der Waals surface area contributed by atoms with E-state index in [0.29, 0.717) is 4.90 Å². The van der Waals surface area contributed by atoms with Crippen molar-refractivity contribution in [3.8, 4) is 5.75 Å². The molecular weight excluding hydrogens is 206 g/mol. The molecule has 1 aliphatic rings. The normalized spacial score (nSPS) is 30.1. The third-order valence-corrected chi connectivity index (χ3v) is 3.47. The number of para-hydroxylation sites is 1. The number of benzene rings is 1. The van der Waals surface area contributed by atoms with Gasteiger partial charge in [0.2, 0.25) is 5.69 Å². The Balaban J connectivity index is 2.69. The summed E-state index contributed by atoms with van der Waals surface area (Å²) >= 11 is 0. The van der Waals surface area contributed by atoms with Crippen LogP contribution in [0.3, 0.4) is 0 Å². The van der Waals surface area contributed by atoms with Crippen LogP contribution in [0, 0.1) is 5.21 Å². The van der Waals surface area contributed by atoms with Gasteiger partial charge >= 0.3 is 0 Å². The molecule has 2 unspecified atom stereocenters. The minimum atomic E-state index is -1.62. The highest BCUT2D eigenvalue weighted by Crippen LogP contribution is 2.42. The lowest BCUT2D eigenvalue weighted by Gasteiger charge is -2.27. The predicted octanol–water partition coefficient (Wildman–Crippen LogP) is 0.968. The maximum atomic E-state index is 11.5. The lowest BCUT2D eigenvalue weighted by atomic mass is 10.3. The molecule has 1 heterocycles. The Hall–Kier alpha value is -0.950. The molecule has 0 bridgehead atoms. The minimum absolute atomic E-state index is 0.0494. The van der Waals surface area contributed by atoms with Gasteiger partial charge in [-0.1, -0.05) is 6.07 Å². The highest BCUT2D eigenvalue weighted by Gasteiger charge is 2.39. The van der Waals surface area contributed by atoms with Gasteiger partial charge < -0.3 is 9.94 Å². The first kappa shape index (κ1) is 9.60. The molecular formula is C8H9NO4S. The van der Waals surface area contributed by atoms with E-state index in [9.17, 15) is 14.6 Å². The highest BCUT2D eigenvalue weighted by molar-refractivity contribution is 7.85. The van der Waals surface area contributed by atoms with Crippen LogP contribution >= 0.6 is 0 Å². The minimum Gasteiger partial charge on any atom is -0.592 e. The van der Waals surface area contributed by atoms with Crippen molar-refractivity contribution in [2.75, 3.05) is 13.0 Å². The fourth-order valence-electron chi connectivity index (χ4n) is 1.49. The molecule has 6 heteroatoms. The maximum absolute atomic E-state index is 11.5. The van der Waals surface area contributed by atoms with Crippen molar-refractivity contribution in [2.45, 2.75) is 4.90 Å². The molecule has 1 aliphatic heterocycles. The number of hydroxylamine groups is 2. The largest absolute Gasteiger partial charge is 0.592 e. The predicted molar refractivity (Wildman–Crippen MR) is 51.2 cm³/mol. The molecule has 76 valence electrons. The molecule has 0 aromatic heterocycles. The summed E-state index contributed by atoms with van der Waals surface area (Å²) in [6, 6.07) is 4.76. The third-order valence-electron chi connectivity index (χ3n) is 2.07. The van der Waals surface area contributed by atoms with Crippen LogP contribution in [0.15, 0.2) is 23.1 Å². The Morgan fingerprint density at radius 3 is 3.00 bits per heavy atom. The number of quaternary nitrogens is 1. The van der Waals surface area contributed by atoms with Crippen LogP contribution in [-0.2, 0) is 10.8 Å². The molecule has 5 nitrogen and oxygen atoms in total. The number of nitrogens with zero attached hydrogens (tertiary/aromatic N) is 1. The molecule has 0 amide bonds. The Bertz CT molecular complexity index is 404. The second-order valence-electron chi connectivity index (χ2n) is 2.98. The van der Waals surface area contributed by atoms with Crippen LogP contribution < -0.4 is 9.55 Å². The molecule has 2 atom stereocenters. The van der Waals surface area contributed by atoms with E-state index in [1.54, 1.807) is 18.2 Å². The van der Waals surface area contributed by atoms with Crippen molar-refractivity contribution in [2.24, 2.45) is 0 Å². The van der Waals surface area contributed by atoms with Gasteiger partial charge in [0.15, 0.2) is 11.6 Å². The van der Waals surface area contributed by atoms with Crippen molar-refractivity contribution in [1.29, 1.82) is 0 Å². The second-order valence-corrected chi connectivity index (χ2v) is 4.37. The molecule has 0 aliphatic carbocycles. The zero-order valence-corrected chi connectivity index (χ0v) is 8.28. The van der Waals surface area contributed by atoms with Gasteiger partial charge in [-0.2, -0.15) is 4.81 Å². The topological polar surface area (TPSA) is 69.6 Å². The highest BCUT2D eigenvalue weighted by atomic mass is 32.2. The first-order valence-corrected chi connectivity index (χ1v) is 5.26. The zero-order chi connectivity index (χ0) is 10.3. The number of hydrogen-bond acceptors (Lipinski definition) is 4. The molecule has 1 aromatic carbocycles. The molecule has 0 saturated heterocycles. The van der Waals surface area contributed by atoms with Crippen LogP contribution in [0.4, 0.5) is 5.69 Å². The standard InChI is InChI=1S/C8H9NO4S/c1-13-6-3-2-4-7-8(6)9(10,11)5-14(7)12/h2-4,10H,5H2,1H3. The molecule has 0 fully saturated rings. The van der Waals surface area contributed by atoms with Crippen molar-refractivity contribution in [3.63, 3.8) is 0 Å². The van der Waals surface area contributed by atoms with E-state index in [4.69, 9.17) is 4.74 Å². The lowest BCUT2D eigenvalue weighted by molar-refractivity contribution is -0.0121. The monoisotopic (exact) mass is 215 g/mol. The van der Waals surface area contributed by atoms with Crippen molar-refractivity contribution in [1.82, 2.24) is 4.81 Å². The van der Waals surface area contributed by atoms with Gasteiger partial charge in [0.05, 0.1) is 7.11 Å². The summed E-state index contributed by atoms with van der Waals surface area (Å²) in [7, 11) is -0.0497. The van der Waals surface area contributed by atoms with E-state index in [1.165, 1.54) is 7.11 Å². The summed E-state index contributed by atoms with van der Waals surface area (Å²) < 4.78 is 16.4. The van der Waals surface area contributed by atoms with Crippen molar-refractivity contribution >= 4 is 16.5 Å². The number of fused-ring (bicyclic) bond motifs is 1. The fraction of sp³-hybridized carbons (Fsp3) is 0.250. The number of ether oxygens (including phenoxy) is 1. The van der Waals surface area contributed by atoms with Crippen LogP contribution in [0.2, 0.25) is 0 Å². The van der Waals surface area contributed by atoms with Crippen LogP contribution in [0.1, 0.15) is 0 Å². The van der Waals surface area contributed by atoms with Crippen molar-refractivity contribution in [3.05, 3.63) is 23.4 Å².